The van der Waals surface area contributed by atoms with E-state index in [2.05, 4.69) is 0 Å². The summed E-state index contributed by atoms with van der Waals surface area (Å²) < 4.78 is 0.492. The Labute approximate surface area is 97.7 Å². The van der Waals surface area contributed by atoms with Crippen LogP contribution in [0, 0.1) is 13.7 Å². The largest absolute Gasteiger partial charge is 0.365 e. The molecule has 0 aromatic heterocycles. The second-order valence-corrected chi connectivity index (χ2v) is 3.87. The van der Waals surface area contributed by atoms with E-state index < -0.39 is 16.5 Å². The lowest BCUT2D eigenvalue weighted by atomic mass is 10.1. The normalized spacial score (nSPS) is 9.67. The Morgan fingerprint density at radius 3 is 2.53 bits per heavy atom. The third-order valence-electron chi connectivity index (χ3n) is 1.68. The predicted molar refractivity (Wildman–Crippen MR) is 59.7 cm³/mol. The second kappa shape index (κ2) is 4.34. The summed E-state index contributed by atoms with van der Waals surface area (Å²) in [6.07, 6.45) is 0.370. The molecule has 0 radical (unpaired) electrons. The highest BCUT2D eigenvalue weighted by atomic mass is 127. The molecule has 0 aliphatic rings. The van der Waals surface area contributed by atoms with E-state index in [0.717, 1.165) is 0 Å². The van der Waals surface area contributed by atoms with Crippen molar-refractivity contribution in [3.63, 3.8) is 0 Å². The molecule has 7 heteroatoms. The highest BCUT2D eigenvalue weighted by Gasteiger charge is 2.22. The van der Waals surface area contributed by atoms with Gasteiger partial charge in [-0.15, -0.1) is 0 Å². The number of primary amides is 1. The number of hydrogen-bond acceptors (Lipinski definition) is 4. The fourth-order valence-electron chi connectivity index (χ4n) is 1.12. The van der Waals surface area contributed by atoms with Crippen molar-refractivity contribution < 1.29 is 14.5 Å². The van der Waals surface area contributed by atoms with Gasteiger partial charge in [-0.2, -0.15) is 0 Å². The van der Waals surface area contributed by atoms with Gasteiger partial charge in [0, 0.05) is 15.2 Å². The molecule has 0 atom stereocenters. The van der Waals surface area contributed by atoms with Crippen LogP contribution in [0.5, 0.6) is 0 Å². The fourth-order valence-corrected chi connectivity index (χ4v) is 1.75. The van der Waals surface area contributed by atoms with E-state index in [1.807, 2.05) is 22.6 Å². The van der Waals surface area contributed by atoms with E-state index in [4.69, 9.17) is 5.73 Å². The van der Waals surface area contributed by atoms with Crippen LogP contribution in [0.25, 0.3) is 0 Å². The lowest BCUT2D eigenvalue weighted by Gasteiger charge is -2.02. The number of benzene rings is 1. The van der Waals surface area contributed by atoms with Crippen LogP contribution in [0.4, 0.5) is 5.69 Å². The van der Waals surface area contributed by atoms with Gasteiger partial charge in [-0.25, -0.2) is 0 Å². The molecule has 0 saturated carbocycles. The van der Waals surface area contributed by atoms with Gasteiger partial charge in [-0.1, -0.05) is 0 Å². The minimum absolute atomic E-state index is 0.0684. The zero-order valence-corrected chi connectivity index (χ0v) is 9.43. The molecule has 15 heavy (non-hydrogen) atoms. The Bertz CT molecular complexity index is 458. The molecule has 0 saturated heterocycles. The van der Waals surface area contributed by atoms with Crippen LogP contribution in [-0.2, 0) is 0 Å². The number of halogens is 1. The average Bonchev–Trinajstić information content (AvgIpc) is 2.15. The van der Waals surface area contributed by atoms with Crippen molar-refractivity contribution in [2.75, 3.05) is 0 Å². The number of nitrogens with two attached hydrogens (primary N) is 1. The third kappa shape index (κ3) is 2.29. The maximum absolute atomic E-state index is 11.0. The lowest BCUT2D eigenvalue weighted by molar-refractivity contribution is -0.385. The molecule has 0 fully saturated rings. The van der Waals surface area contributed by atoms with Gasteiger partial charge in [0.15, 0.2) is 6.29 Å². The smallest absolute Gasteiger partial charge is 0.283 e. The van der Waals surface area contributed by atoms with E-state index in [1.165, 1.54) is 12.1 Å². The van der Waals surface area contributed by atoms with Gasteiger partial charge in [0.2, 0.25) is 0 Å². The molecular weight excluding hydrogens is 315 g/mol. The molecule has 1 aromatic carbocycles. The fraction of sp³-hybridized carbons (Fsp3) is 0. The first-order valence-corrected chi connectivity index (χ1v) is 4.78. The lowest BCUT2D eigenvalue weighted by Crippen LogP contribution is -2.16. The molecule has 0 aliphatic carbocycles. The van der Waals surface area contributed by atoms with Crippen molar-refractivity contribution in [1.82, 2.24) is 0 Å². The number of carbonyl (C=O) groups excluding carboxylic acids is 2. The highest BCUT2D eigenvalue weighted by Crippen LogP contribution is 2.24. The van der Waals surface area contributed by atoms with E-state index in [1.54, 1.807) is 0 Å². The van der Waals surface area contributed by atoms with Crippen LogP contribution < -0.4 is 5.73 Å². The maximum atomic E-state index is 11.0. The van der Waals surface area contributed by atoms with Crippen LogP contribution in [0.15, 0.2) is 12.1 Å². The molecule has 1 rings (SSSR count). The van der Waals surface area contributed by atoms with Gasteiger partial charge >= 0.3 is 0 Å². The Morgan fingerprint density at radius 2 is 2.13 bits per heavy atom. The average molecular weight is 320 g/mol. The molecule has 1 aromatic rings. The van der Waals surface area contributed by atoms with E-state index in [0.29, 0.717) is 9.86 Å². The molecule has 2 N–H and O–H groups in total. The molecular formula is C8H5IN2O4. The van der Waals surface area contributed by atoms with E-state index in [9.17, 15) is 19.7 Å². The summed E-state index contributed by atoms with van der Waals surface area (Å²) in [4.78, 5) is 31.5. The summed E-state index contributed by atoms with van der Waals surface area (Å²) in [6.45, 7) is 0. The Kier molecular flexibility index (Phi) is 3.35. The van der Waals surface area contributed by atoms with Crippen molar-refractivity contribution in [3.05, 3.63) is 36.9 Å². The van der Waals surface area contributed by atoms with Crippen LogP contribution in [0.1, 0.15) is 20.7 Å². The first-order chi connectivity index (χ1) is 6.97. The first-order valence-electron chi connectivity index (χ1n) is 3.70. The number of aldehydes is 1. The minimum Gasteiger partial charge on any atom is -0.365 e. The SMILES string of the molecule is NC(=O)c1c(C=O)cc(I)cc1[N+](=O)[O-]. The van der Waals surface area contributed by atoms with Crippen molar-refractivity contribution in [2.45, 2.75) is 0 Å². The number of rotatable bonds is 3. The van der Waals surface area contributed by atoms with E-state index in [-0.39, 0.29) is 11.1 Å². The first kappa shape index (κ1) is 11.6. The Morgan fingerprint density at radius 1 is 1.53 bits per heavy atom. The van der Waals surface area contributed by atoms with Gasteiger partial charge in [0.05, 0.1) is 4.92 Å². The van der Waals surface area contributed by atoms with Crippen molar-refractivity contribution in [2.24, 2.45) is 5.73 Å². The standard InChI is InChI=1S/C8H5IN2O4/c9-5-1-4(3-12)7(8(10)13)6(2-5)11(14)15/h1-3H,(H2,10,13). The monoisotopic (exact) mass is 320 g/mol. The zero-order valence-electron chi connectivity index (χ0n) is 7.27. The van der Waals surface area contributed by atoms with Gasteiger partial charge in [0.25, 0.3) is 11.6 Å². The molecule has 0 aliphatic heterocycles. The summed E-state index contributed by atoms with van der Waals surface area (Å²) in [5.41, 5.74) is 4.11. The quantitative estimate of drug-likeness (QED) is 0.390. The molecule has 0 unspecified atom stereocenters. The number of nitrogens with zero attached hydrogens (tertiary/aromatic N) is 1. The van der Waals surface area contributed by atoms with Crippen LogP contribution >= 0.6 is 22.6 Å². The molecule has 0 heterocycles. The van der Waals surface area contributed by atoms with Gasteiger partial charge in [-0.05, 0) is 28.7 Å². The van der Waals surface area contributed by atoms with Crippen molar-refractivity contribution >= 4 is 40.5 Å². The van der Waals surface area contributed by atoms with Gasteiger partial charge < -0.3 is 5.73 Å². The molecule has 1 amide bonds. The molecule has 6 nitrogen and oxygen atoms in total. The maximum Gasteiger partial charge on any atom is 0.283 e. The topological polar surface area (TPSA) is 103 Å². The van der Waals surface area contributed by atoms with Crippen molar-refractivity contribution in [1.29, 1.82) is 0 Å². The molecule has 78 valence electrons. The Hall–Kier alpha value is -1.51. The number of nitro groups is 1. The van der Waals surface area contributed by atoms with Gasteiger partial charge in [-0.3, -0.25) is 19.7 Å². The van der Waals surface area contributed by atoms with Crippen molar-refractivity contribution in [3.8, 4) is 0 Å². The van der Waals surface area contributed by atoms with E-state index >= 15 is 0 Å². The number of nitro benzene ring substituents is 1. The zero-order chi connectivity index (χ0) is 11.6. The molecule has 0 bridgehead atoms. The number of carbonyl (C=O) groups is 2. The van der Waals surface area contributed by atoms with Crippen LogP contribution in [0.3, 0.4) is 0 Å². The van der Waals surface area contributed by atoms with Gasteiger partial charge in [0.1, 0.15) is 5.56 Å². The highest BCUT2D eigenvalue weighted by molar-refractivity contribution is 14.1. The third-order valence-corrected chi connectivity index (χ3v) is 2.31. The second-order valence-electron chi connectivity index (χ2n) is 2.63. The minimum atomic E-state index is -0.986. The summed E-state index contributed by atoms with van der Waals surface area (Å²) in [5.74, 6) is -0.986. The number of amides is 1. The Balaban J connectivity index is 3.61. The summed E-state index contributed by atoms with van der Waals surface area (Å²) in [6, 6.07) is 2.55. The summed E-state index contributed by atoms with van der Waals surface area (Å²) >= 11 is 1.81. The molecule has 0 spiro atoms. The summed E-state index contributed by atoms with van der Waals surface area (Å²) in [7, 11) is 0. The van der Waals surface area contributed by atoms with Crippen LogP contribution in [-0.4, -0.2) is 17.1 Å². The summed E-state index contributed by atoms with van der Waals surface area (Å²) in [5, 5.41) is 10.6. The van der Waals surface area contributed by atoms with Crippen LogP contribution in [0.2, 0.25) is 0 Å². The predicted octanol–water partition coefficient (Wildman–Crippen LogP) is 1.11. The number of hydrogen-bond donors (Lipinski definition) is 1.